The molecule has 0 radical (unpaired) electrons. The SMILES string of the molecule is COC1O[C@@]2(c3cnc4ccccc4c3)CCC3CCCC[C@]31OO2. The first-order valence-corrected chi connectivity index (χ1v) is 9.18. The Kier molecular flexibility index (Phi) is 3.61. The van der Waals surface area contributed by atoms with Crippen LogP contribution in [0.3, 0.4) is 0 Å². The second-order valence-electron chi connectivity index (χ2n) is 7.46. The molecule has 0 N–H and O–H groups in total. The number of para-hydroxylation sites is 1. The largest absolute Gasteiger partial charge is 0.353 e. The Morgan fingerprint density at radius 3 is 2.96 bits per heavy atom. The highest BCUT2D eigenvalue weighted by molar-refractivity contribution is 5.78. The number of hydrogen-bond acceptors (Lipinski definition) is 5. The number of methoxy groups -OCH3 is 1. The molecule has 5 nitrogen and oxygen atoms in total. The summed E-state index contributed by atoms with van der Waals surface area (Å²) in [6, 6.07) is 10.2. The van der Waals surface area contributed by atoms with Gasteiger partial charge >= 0.3 is 0 Å². The summed E-state index contributed by atoms with van der Waals surface area (Å²) in [5.74, 6) is -0.538. The Labute approximate surface area is 147 Å². The van der Waals surface area contributed by atoms with Crippen LogP contribution in [-0.4, -0.2) is 24.0 Å². The van der Waals surface area contributed by atoms with E-state index in [0.29, 0.717) is 5.92 Å². The summed E-state index contributed by atoms with van der Waals surface area (Å²) in [4.78, 5) is 16.6. The van der Waals surface area contributed by atoms with Crippen molar-refractivity contribution in [1.29, 1.82) is 0 Å². The van der Waals surface area contributed by atoms with Gasteiger partial charge in [-0.3, -0.25) is 4.98 Å². The molecule has 1 saturated carbocycles. The molecule has 2 bridgehead atoms. The van der Waals surface area contributed by atoms with Gasteiger partial charge in [0.25, 0.3) is 0 Å². The van der Waals surface area contributed by atoms with Gasteiger partial charge in [0.2, 0.25) is 5.79 Å². The molecule has 1 aliphatic carbocycles. The maximum atomic E-state index is 6.43. The molecule has 1 aromatic carbocycles. The van der Waals surface area contributed by atoms with Crippen molar-refractivity contribution in [3.8, 4) is 0 Å². The lowest BCUT2D eigenvalue weighted by Crippen LogP contribution is -2.59. The van der Waals surface area contributed by atoms with E-state index < -0.39 is 17.7 Å². The second kappa shape index (κ2) is 5.74. The van der Waals surface area contributed by atoms with Crippen LogP contribution in [0.4, 0.5) is 0 Å². The van der Waals surface area contributed by atoms with Crippen molar-refractivity contribution >= 4 is 10.9 Å². The first kappa shape index (κ1) is 15.7. The Morgan fingerprint density at radius 2 is 2.04 bits per heavy atom. The van der Waals surface area contributed by atoms with Crippen LogP contribution in [0.2, 0.25) is 0 Å². The standard InChI is InChI=1S/C20H23NO4/c1-22-18-19-10-5-4-7-15(19)9-11-20(23-18,25-24-19)16-12-14-6-2-3-8-17(14)21-13-16/h2-3,6,8,12-13,15,18H,4-5,7,9-11H2,1H3/t15?,18?,19-,20-/m0/s1. The summed E-state index contributed by atoms with van der Waals surface area (Å²) < 4.78 is 12.2. The number of nitrogens with zero attached hydrogens (tertiary/aromatic N) is 1. The molecule has 0 amide bonds. The van der Waals surface area contributed by atoms with Crippen molar-refractivity contribution in [3.63, 3.8) is 0 Å². The molecule has 4 atom stereocenters. The summed E-state index contributed by atoms with van der Waals surface area (Å²) >= 11 is 0. The highest BCUT2D eigenvalue weighted by Crippen LogP contribution is 2.55. The molecule has 3 saturated heterocycles. The Morgan fingerprint density at radius 1 is 1.12 bits per heavy atom. The molecule has 132 valence electrons. The van der Waals surface area contributed by atoms with E-state index in [4.69, 9.17) is 19.2 Å². The maximum Gasteiger partial charge on any atom is 0.231 e. The zero-order valence-electron chi connectivity index (χ0n) is 14.4. The highest BCUT2D eigenvalue weighted by Gasteiger charge is 2.61. The summed E-state index contributed by atoms with van der Waals surface area (Å²) in [5, 5.41) is 1.07. The number of aromatic nitrogens is 1. The van der Waals surface area contributed by atoms with Gasteiger partial charge < -0.3 is 9.47 Å². The number of pyridine rings is 1. The highest BCUT2D eigenvalue weighted by atomic mass is 17.3. The summed E-state index contributed by atoms with van der Waals surface area (Å²) in [5.41, 5.74) is 1.38. The topological polar surface area (TPSA) is 49.8 Å². The minimum atomic E-state index is -0.944. The number of ether oxygens (including phenoxy) is 2. The number of rotatable bonds is 2. The van der Waals surface area contributed by atoms with Crippen LogP contribution in [0.25, 0.3) is 10.9 Å². The molecule has 1 aromatic heterocycles. The molecular formula is C20H23NO4. The van der Waals surface area contributed by atoms with Crippen molar-refractivity contribution in [3.05, 3.63) is 42.1 Å². The molecule has 1 spiro atoms. The van der Waals surface area contributed by atoms with Crippen molar-refractivity contribution in [2.24, 2.45) is 5.92 Å². The predicted octanol–water partition coefficient (Wildman–Crippen LogP) is 4.06. The molecule has 3 aliphatic heterocycles. The van der Waals surface area contributed by atoms with Crippen LogP contribution in [0, 0.1) is 5.92 Å². The fourth-order valence-electron chi connectivity index (χ4n) is 4.78. The van der Waals surface area contributed by atoms with Crippen LogP contribution in [0.15, 0.2) is 36.5 Å². The van der Waals surface area contributed by atoms with E-state index in [9.17, 15) is 0 Å². The van der Waals surface area contributed by atoms with Crippen molar-refractivity contribution in [2.75, 3.05) is 7.11 Å². The smallest absolute Gasteiger partial charge is 0.231 e. The molecule has 2 unspecified atom stereocenters. The van der Waals surface area contributed by atoms with Gasteiger partial charge in [-0.25, -0.2) is 4.89 Å². The van der Waals surface area contributed by atoms with Crippen LogP contribution in [-0.2, 0) is 25.0 Å². The lowest BCUT2D eigenvalue weighted by molar-refractivity contribution is -0.558. The quantitative estimate of drug-likeness (QED) is 0.771. The summed E-state index contributed by atoms with van der Waals surface area (Å²) in [6.45, 7) is 0. The van der Waals surface area contributed by atoms with Gasteiger partial charge in [0.05, 0.1) is 5.52 Å². The molecule has 5 heteroatoms. The van der Waals surface area contributed by atoms with Gasteiger partial charge in [0.15, 0.2) is 11.9 Å². The molecule has 6 rings (SSSR count). The molecule has 4 heterocycles. The minimum Gasteiger partial charge on any atom is -0.353 e. The van der Waals surface area contributed by atoms with Gasteiger partial charge in [-0.2, -0.15) is 4.89 Å². The van der Waals surface area contributed by atoms with Gasteiger partial charge in [-0.15, -0.1) is 0 Å². The van der Waals surface area contributed by atoms with Crippen LogP contribution in [0.1, 0.15) is 44.1 Å². The fourth-order valence-corrected chi connectivity index (χ4v) is 4.78. The van der Waals surface area contributed by atoms with E-state index in [-0.39, 0.29) is 0 Å². The summed E-state index contributed by atoms with van der Waals surface area (Å²) in [6.07, 6.45) is 7.59. The lowest BCUT2D eigenvalue weighted by atomic mass is 9.73. The maximum absolute atomic E-state index is 6.43. The van der Waals surface area contributed by atoms with Gasteiger partial charge in [0.1, 0.15) is 0 Å². The number of fused-ring (bicyclic) bond motifs is 4. The predicted molar refractivity (Wildman–Crippen MR) is 91.4 cm³/mol. The minimum absolute atomic E-state index is 0.406. The van der Waals surface area contributed by atoms with Crippen molar-refractivity contribution < 1.29 is 19.2 Å². The molecule has 25 heavy (non-hydrogen) atoms. The zero-order chi connectivity index (χ0) is 16.9. The van der Waals surface area contributed by atoms with Crippen LogP contribution >= 0.6 is 0 Å². The third kappa shape index (κ3) is 2.27. The third-order valence-corrected chi connectivity index (χ3v) is 6.16. The average Bonchev–Trinajstić information content (AvgIpc) is 2.93. The van der Waals surface area contributed by atoms with E-state index in [1.54, 1.807) is 7.11 Å². The van der Waals surface area contributed by atoms with E-state index in [1.807, 2.05) is 24.4 Å². The Bertz CT molecular complexity index is 792. The second-order valence-corrected chi connectivity index (χ2v) is 7.46. The fraction of sp³-hybridized carbons (Fsp3) is 0.550. The van der Waals surface area contributed by atoms with Crippen LogP contribution < -0.4 is 0 Å². The monoisotopic (exact) mass is 341 g/mol. The van der Waals surface area contributed by atoms with Gasteiger partial charge in [0, 0.05) is 30.7 Å². The van der Waals surface area contributed by atoms with E-state index in [0.717, 1.165) is 48.6 Å². The Balaban J connectivity index is 1.58. The lowest BCUT2D eigenvalue weighted by Gasteiger charge is -2.49. The van der Waals surface area contributed by atoms with Gasteiger partial charge in [-0.05, 0) is 37.3 Å². The third-order valence-electron chi connectivity index (χ3n) is 6.16. The Hall–Kier alpha value is -1.53. The van der Waals surface area contributed by atoms with E-state index in [1.165, 1.54) is 6.42 Å². The summed E-state index contributed by atoms with van der Waals surface area (Å²) in [7, 11) is 1.70. The van der Waals surface area contributed by atoms with Gasteiger partial charge in [-0.1, -0.05) is 31.0 Å². The van der Waals surface area contributed by atoms with E-state index in [2.05, 4.69) is 17.1 Å². The van der Waals surface area contributed by atoms with Crippen molar-refractivity contribution in [1.82, 2.24) is 4.98 Å². The number of benzene rings is 1. The zero-order valence-corrected chi connectivity index (χ0v) is 14.4. The number of hydrogen-bond donors (Lipinski definition) is 0. The average molecular weight is 341 g/mol. The molecule has 4 fully saturated rings. The normalized spacial score (nSPS) is 37.6. The van der Waals surface area contributed by atoms with E-state index >= 15 is 0 Å². The first-order chi connectivity index (χ1) is 12.3. The molecular weight excluding hydrogens is 318 g/mol. The molecule has 4 aliphatic rings. The molecule has 2 aromatic rings. The first-order valence-electron chi connectivity index (χ1n) is 9.18. The van der Waals surface area contributed by atoms with Crippen molar-refractivity contribution in [2.45, 2.75) is 56.2 Å². The van der Waals surface area contributed by atoms with Crippen LogP contribution in [0.5, 0.6) is 0 Å².